The van der Waals surface area contributed by atoms with Crippen LogP contribution in [-0.2, 0) is 10.0 Å². The first kappa shape index (κ1) is 17.9. The van der Waals surface area contributed by atoms with E-state index < -0.39 is 26.6 Å². The Hall–Kier alpha value is -0.180. The van der Waals surface area contributed by atoms with Crippen molar-refractivity contribution in [3.8, 4) is 0 Å². The minimum atomic E-state index is -4.01. The lowest BCUT2D eigenvalue weighted by molar-refractivity contribution is 0.379. The lowest BCUT2D eigenvalue weighted by Gasteiger charge is -2.24. The van der Waals surface area contributed by atoms with Gasteiger partial charge in [0.1, 0.15) is 16.5 Å². The van der Waals surface area contributed by atoms with Crippen molar-refractivity contribution >= 4 is 37.7 Å². The summed E-state index contributed by atoms with van der Waals surface area (Å²) >= 11 is 4.52. The predicted molar refractivity (Wildman–Crippen MR) is 81.5 cm³/mol. The Morgan fingerprint density at radius 3 is 2.50 bits per heavy atom. The number of rotatable bonds is 6. The van der Waals surface area contributed by atoms with Crippen LogP contribution in [0.3, 0.4) is 0 Å². The number of hydrogen-bond donors (Lipinski definition) is 0. The van der Waals surface area contributed by atoms with Gasteiger partial charge in [0.25, 0.3) is 0 Å². The fourth-order valence-electron chi connectivity index (χ4n) is 1.63. The van der Waals surface area contributed by atoms with Crippen LogP contribution in [0.5, 0.6) is 0 Å². The van der Waals surface area contributed by atoms with Gasteiger partial charge in [0, 0.05) is 23.6 Å². The molecule has 1 aromatic rings. The number of benzene rings is 1. The molecule has 0 aliphatic heterocycles. The molecular weight excluding hydrogens is 372 g/mol. The highest BCUT2D eigenvalue weighted by molar-refractivity contribution is 9.10. The Bertz CT molecular complexity index is 558. The van der Waals surface area contributed by atoms with E-state index in [0.717, 1.165) is 16.1 Å². The van der Waals surface area contributed by atoms with Gasteiger partial charge >= 0.3 is 0 Å². The quantitative estimate of drug-likeness (QED) is 0.749. The van der Waals surface area contributed by atoms with E-state index in [2.05, 4.69) is 15.9 Å². The van der Waals surface area contributed by atoms with Crippen LogP contribution in [0, 0.1) is 11.6 Å². The van der Waals surface area contributed by atoms with E-state index in [4.69, 9.17) is 0 Å². The summed E-state index contributed by atoms with van der Waals surface area (Å²) in [7, 11) is -2.61. The molecule has 1 unspecified atom stereocenters. The molecule has 0 N–H and O–H groups in total. The predicted octanol–water partition coefficient (Wildman–Crippen LogP) is 3.49. The largest absolute Gasteiger partial charge is 0.247 e. The number of hydrogen-bond acceptors (Lipinski definition) is 3. The second kappa shape index (κ2) is 7.20. The second-order valence-electron chi connectivity index (χ2n) is 4.35. The van der Waals surface area contributed by atoms with E-state index in [1.165, 1.54) is 7.05 Å². The SMILES string of the molecule is CSCCC(C)N(C)S(=O)(=O)c1c(F)cc(F)cc1Br. The molecule has 8 heteroatoms. The van der Waals surface area contributed by atoms with E-state index in [-0.39, 0.29) is 10.5 Å². The van der Waals surface area contributed by atoms with Crippen molar-refractivity contribution in [3.05, 3.63) is 28.2 Å². The number of nitrogens with zero attached hydrogens (tertiary/aromatic N) is 1. The Balaban J connectivity index is 3.17. The first-order valence-corrected chi connectivity index (χ1v) is 9.46. The summed E-state index contributed by atoms with van der Waals surface area (Å²) in [5, 5.41) is 0. The zero-order valence-corrected chi connectivity index (χ0v) is 14.6. The van der Waals surface area contributed by atoms with E-state index in [0.29, 0.717) is 12.5 Å². The van der Waals surface area contributed by atoms with Crippen LogP contribution in [-0.4, -0.2) is 37.8 Å². The van der Waals surface area contributed by atoms with Crippen LogP contribution in [0.2, 0.25) is 0 Å². The Labute approximate surface area is 130 Å². The molecule has 20 heavy (non-hydrogen) atoms. The summed E-state index contributed by atoms with van der Waals surface area (Å²) in [4.78, 5) is -0.530. The van der Waals surface area contributed by atoms with E-state index >= 15 is 0 Å². The van der Waals surface area contributed by atoms with Crippen molar-refractivity contribution in [2.45, 2.75) is 24.3 Å². The number of halogens is 3. The summed E-state index contributed by atoms with van der Waals surface area (Å²) in [5.74, 6) is -1.12. The first-order chi connectivity index (χ1) is 9.21. The van der Waals surface area contributed by atoms with Gasteiger partial charge in [-0.05, 0) is 47.3 Å². The van der Waals surface area contributed by atoms with Gasteiger partial charge in [0.2, 0.25) is 10.0 Å². The van der Waals surface area contributed by atoms with Crippen LogP contribution >= 0.6 is 27.7 Å². The summed E-state index contributed by atoms with van der Waals surface area (Å²) < 4.78 is 52.7. The third-order valence-corrected chi connectivity index (χ3v) is 6.54. The Morgan fingerprint density at radius 1 is 1.40 bits per heavy atom. The highest BCUT2D eigenvalue weighted by Gasteiger charge is 2.30. The Morgan fingerprint density at radius 2 is 2.00 bits per heavy atom. The smallest absolute Gasteiger partial charge is 0.207 e. The van der Waals surface area contributed by atoms with Crippen LogP contribution in [0.1, 0.15) is 13.3 Å². The fourth-order valence-corrected chi connectivity index (χ4v) is 4.70. The van der Waals surface area contributed by atoms with E-state index in [1.807, 2.05) is 6.26 Å². The van der Waals surface area contributed by atoms with Crippen molar-refractivity contribution in [3.63, 3.8) is 0 Å². The van der Waals surface area contributed by atoms with Gasteiger partial charge in [0.15, 0.2) is 0 Å². The van der Waals surface area contributed by atoms with E-state index in [9.17, 15) is 17.2 Å². The number of thioether (sulfide) groups is 1. The molecule has 0 amide bonds. The van der Waals surface area contributed by atoms with Gasteiger partial charge in [-0.15, -0.1) is 0 Å². The molecule has 0 radical (unpaired) electrons. The highest BCUT2D eigenvalue weighted by atomic mass is 79.9. The maximum absolute atomic E-state index is 13.8. The molecule has 0 saturated carbocycles. The van der Waals surface area contributed by atoms with Crippen LogP contribution in [0.25, 0.3) is 0 Å². The molecule has 0 fully saturated rings. The van der Waals surface area contributed by atoms with Crippen molar-refractivity contribution < 1.29 is 17.2 Å². The minimum Gasteiger partial charge on any atom is -0.207 e. The molecule has 0 heterocycles. The molecule has 3 nitrogen and oxygen atoms in total. The van der Waals surface area contributed by atoms with Gasteiger partial charge < -0.3 is 0 Å². The molecule has 1 atom stereocenters. The molecular formula is C12H16BrF2NO2S2. The normalized spacial score (nSPS) is 13.8. The van der Waals surface area contributed by atoms with Crippen molar-refractivity contribution in [1.82, 2.24) is 4.31 Å². The molecule has 0 saturated heterocycles. The molecule has 114 valence electrons. The summed E-state index contributed by atoms with van der Waals surface area (Å²) in [6, 6.07) is 1.23. The molecule has 0 aliphatic carbocycles. The van der Waals surface area contributed by atoms with Crippen molar-refractivity contribution in [1.29, 1.82) is 0 Å². The maximum Gasteiger partial charge on any atom is 0.247 e. The highest BCUT2D eigenvalue weighted by Crippen LogP contribution is 2.29. The molecule has 1 aromatic carbocycles. The summed E-state index contributed by atoms with van der Waals surface area (Å²) in [6.07, 6.45) is 2.58. The van der Waals surface area contributed by atoms with Crippen LogP contribution < -0.4 is 0 Å². The second-order valence-corrected chi connectivity index (χ2v) is 8.12. The van der Waals surface area contributed by atoms with Gasteiger partial charge in [-0.2, -0.15) is 16.1 Å². The fraction of sp³-hybridized carbons (Fsp3) is 0.500. The van der Waals surface area contributed by atoms with Gasteiger partial charge in [0.05, 0.1) is 0 Å². The standard InChI is InChI=1S/C12H16BrF2NO2S2/c1-8(4-5-19-3)16(2)20(17,18)12-10(13)6-9(14)7-11(12)15/h6-8H,4-5H2,1-3H3. The molecule has 0 spiro atoms. The van der Waals surface area contributed by atoms with Gasteiger partial charge in [-0.25, -0.2) is 17.2 Å². The third kappa shape index (κ3) is 3.93. The lowest BCUT2D eigenvalue weighted by atomic mass is 10.3. The average Bonchev–Trinajstić information content (AvgIpc) is 2.33. The maximum atomic E-state index is 13.8. The van der Waals surface area contributed by atoms with Crippen LogP contribution in [0.4, 0.5) is 8.78 Å². The third-order valence-electron chi connectivity index (χ3n) is 2.96. The zero-order valence-electron chi connectivity index (χ0n) is 11.4. The summed E-state index contributed by atoms with van der Waals surface area (Å²) in [5.41, 5.74) is 0. The monoisotopic (exact) mass is 387 g/mol. The zero-order chi connectivity index (χ0) is 15.5. The summed E-state index contributed by atoms with van der Waals surface area (Å²) in [6.45, 7) is 1.75. The van der Waals surface area contributed by atoms with E-state index in [1.54, 1.807) is 18.7 Å². The van der Waals surface area contributed by atoms with Gasteiger partial charge in [-0.3, -0.25) is 0 Å². The molecule has 0 aromatic heterocycles. The molecule has 1 rings (SSSR count). The number of sulfonamides is 1. The topological polar surface area (TPSA) is 37.4 Å². The minimum absolute atomic E-state index is 0.112. The first-order valence-electron chi connectivity index (χ1n) is 5.83. The Kier molecular flexibility index (Phi) is 6.43. The van der Waals surface area contributed by atoms with Gasteiger partial charge in [-0.1, -0.05) is 0 Å². The van der Waals surface area contributed by atoms with Crippen molar-refractivity contribution in [2.24, 2.45) is 0 Å². The molecule has 0 aliphatic rings. The lowest BCUT2D eigenvalue weighted by Crippen LogP contribution is -2.36. The van der Waals surface area contributed by atoms with Crippen LogP contribution in [0.15, 0.2) is 21.5 Å². The van der Waals surface area contributed by atoms with Crippen molar-refractivity contribution in [2.75, 3.05) is 19.1 Å². The average molecular weight is 388 g/mol. The molecule has 0 bridgehead atoms.